The molecule has 2 aliphatic rings. The van der Waals surface area contributed by atoms with Gasteiger partial charge in [-0.1, -0.05) is 11.6 Å². The first-order valence-corrected chi connectivity index (χ1v) is 13.6. The Bertz CT molecular complexity index is 1490. The Hall–Kier alpha value is -2.74. The lowest BCUT2D eigenvalue weighted by molar-refractivity contribution is -0.137. The van der Waals surface area contributed by atoms with Gasteiger partial charge in [0, 0.05) is 25.8 Å². The number of nitrogens with one attached hydrogen (secondary N) is 2. The molecule has 2 aliphatic heterocycles. The van der Waals surface area contributed by atoms with Crippen molar-refractivity contribution in [2.45, 2.75) is 24.0 Å². The highest BCUT2D eigenvalue weighted by atomic mass is 35.5. The molecule has 0 aliphatic carbocycles. The SMILES string of the molecule is CN1CCc2cc(Nc3ncc(C(F)(F)F)c(-c4cc5c(s4)C(=O)NCCS5(=O)=O)n3)c(Cl)cc2C1. The zero-order valence-electron chi connectivity index (χ0n) is 18.7. The summed E-state index contributed by atoms with van der Waals surface area (Å²) in [6.07, 6.45) is -3.40. The van der Waals surface area contributed by atoms with Crippen molar-refractivity contribution >= 4 is 50.3 Å². The second-order valence-electron chi connectivity index (χ2n) is 8.55. The maximum Gasteiger partial charge on any atom is 0.420 e. The second kappa shape index (κ2) is 8.98. The molecule has 0 spiro atoms. The van der Waals surface area contributed by atoms with Crippen LogP contribution in [-0.4, -0.2) is 55.1 Å². The number of thiophene rings is 1. The van der Waals surface area contributed by atoms with E-state index in [2.05, 4.69) is 25.5 Å². The molecule has 0 saturated heterocycles. The highest BCUT2D eigenvalue weighted by Gasteiger charge is 2.37. The largest absolute Gasteiger partial charge is 0.420 e. The minimum atomic E-state index is -4.81. The molecule has 4 heterocycles. The molecule has 0 fully saturated rings. The van der Waals surface area contributed by atoms with Gasteiger partial charge in [-0.3, -0.25) is 4.79 Å². The van der Waals surface area contributed by atoms with Crippen LogP contribution in [0.4, 0.5) is 24.8 Å². The van der Waals surface area contributed by atoms with Crippen LogP contribution in [0, 0.1) is 0 Å². The lowest BCUT2D eigenvalue weighted by atomic mass is 9.99. The first-order chi connectivity index (χ1) is 16.9. The van der Waals surface area contributed by atoms with E-state index in [1.807, 2.05) is 13.1 Å². The van der Waals surface area contributed by atoms with Crippen molar-refractivity contribution in [1.29, 1.82) is 0 Å². The fourth-order valence-corrected chi connectivity index (χ4v) is 7.19. The molecule has 0 bridgehead atoms. The van der Waals surface area contributed by atoms with E-state index in [4.69, 9.17) is 11.6 Å². The molecule has 2 N–H and O–H groups in total. The van der Waals surface area contributed by atoms with Gasteiger partial charge in [-0.2, -0.15) is 13.2 Å². The first kappa shape index (κ1) is 24.9. The van der Waals surface area contributed by atoms with Gasteiger partial charge in [0.25, 0.3) is 5.91 Å². The number of fused-ring (bicyclic) bond motifs is 2. The first-order valence-electron chi connectivity index (χ1n) is 10.8. The van der Waals surface area contributed by atoms with Crippen LogP contribution >= 0.6 is 22.9 Å². The number of benzene rings is 1. The average Bonchev–Trinajstić information content (AvgIpc) is 3.22. The van der Waals surface area contributed by atoms with Crippen molar-refractivity contribution in [3.05, 3.63) is 51.0 Å². The van der Waals surface area contributed by atoms with E-state index < -0.39 is 33.2 Å². The van der Waals surface area contributed by atoms with Crippen LogP contribution in [0.5, 0.6) is 0 Å². The zero-order chi connectivity index (χ0) is 25.8. The quantitative estimate of drug-likeness (QED) is 0.499. The van der Waals surface area contributed by atoms with Gasteiger partial charge in [0.2, 0.25) is 5.95 Å². The Balaban J connectivity index is 1.58. The number of carbonyl (C=O) groups is 1. The summed E-state index contributed by atoms with van der Waals surface area (Å²) in [6.45, 7) is 1.51. The number of amides is 1. The Kier molecular flexibility index (Phi) is 6.22. The second-order valence-corrected chi connectivity index (χ2v) is 12.1. The lowest BCUT2D eigenvalue weighted by Gasteiger charge is -2.26. The predicted molar refractivity (Wildman–Crippen MR) is 130 cm³/mol. The van der Waals surface area contributed by atoms with Gasteiger partial charge in [0.15, 0.2) is 9.84 Å². The van der Waals surface area contributed by atoms with Crippen molar-refractivity contribution < 1.29 is 26.4 Å². The van der Waals surface area contributed by atoms with Gasteiger partial charge in [-0.05, 0) is 42.8 Å². The van der Waals surface area contributed by atoms with E-state index in [0.717, 1.165) is 36.7 Å². The van der Waals surface area contributed by atoms with E-state index in [1.54, 1.807) is 6.07 Å². The number of rotatable bonds is 3. The highest BCUT2D eigenvalue weighted by Crippen LogP contribution is 2.42. The summed E-state index contributed by atoms with van der Waals surface area (Å²) in [5, 5.41) is 5.70. The average molecular weight is 558 g/mol. The van der Waals surface area contributed by atoms with Crippen LogP contribution in [-0.2, 0) is 29.0 Å². The number of hydrogen-bond donors (Lipinski definition) is 2. The van der Waals surface area contributed by atoms with Crippen molar-refractivity contribution in [2.24, 2.45) is 0 Å². The van der Waals surface area contributed by atoms with Crippen LogP contribution in [0.15, 0.2) is 29.3 Å². The number of hydrogen-bond acceptors (Lipinski definition) is 8. The molecule has 0 unspecified atom stereocenters. The Morgan fingerprint density at radius 2 is 2.00 bits per heavy atom. The van der Waals surface area contributed by atoms with Crippen LogP contribution in [0.25, 0.3) is 10.6 Å². The summed E-state index contributed by atoms with van der Waals surface area (Å²) < 4.78 is 66.7. The summed E-state index contributed by atoms with van der Waals surface area (Å²) in [4.78, 5) is 21.8. The fraction of sp³-hybridized carbons (Fsp3) is 0.318. The van der Waals surface area contributed by atoms with Gasteiger partial charge in [0.1, 0.15) is 10.4 Å². The summed E-state index contributed by atoms with van der Waals surface area (Å²) >= 11 is 7.06. The summed E-state index contributed by atoms with van der Waals surface area (Å²) in [5.74, 6) is -1.16. The molecule has 0 saturated carbocycles. The van der Waals surface area contributed by atoms with Gasteiger partial charge in [-0.15, -0.1) is 11.3 Å². The number of anilines is 2. The molecule has 14 heteroatoms. The Morgan fingerprint density at radius 3 is 2.75 bits per heavy atom. The Morgan fingerprint density at radius 1 is 1.22 bits per heavy atom. The zero-order valence-corrected chi connectivity index (χ0v) is 21.1. The lowest BCUT2D eigenvalue weighted by Crippen LogP contribution is -2.26. The molecule has 190 valence electrons. The molecule has 3 aromatic rings. The third kappa shape index (κ3) is 4.67. The standard InChI is InChI=1S/C22H19ClF3N5O3S2/c1-31-4-2-11-7-15(14(23)6-12(11)10-31)29-21-28-9-13(22(24,25)26)18(30-21)16-8-17-19(35-16)20(32)27-3-5-36(17,33)34/h6-9H,2-5,10H2,1H3,(H,27,32)(H,28,29,30). The fourth-order valence-electron chi connectivity index (χ4n) is 4.14. The van der Waals surface area contributed by atoms with Gasteiger partial charge in [-0.25, -0.2) is 18.4 Å². The summed E-state index contributed by atoms with van der Waals surface area (Å²) in [5.41, 5.74) is 0.881. The third-order valence-electron chi connectivity index (χ3n) is 5.96. The number of sulfone groups is 1. The van der Waals surface area contributed by atoms with E-state index in [9.17, 15) is 26.4 Å². The smallest absolute Gasteiger partial charge is 0.350 e. The molecule has 8 nitrogen and oxygen atoms in total. The number of halogens is 4. The van der Waals surface area contributed by atoms with E-state index in [-0.39, 0.29) is 32.9 Å². The maximum absolute atomic E-state index is 13.8. The van der Waals surface area contributed by atoms with Crippen LogP contribution in [0.3, 0.4) is 0 Å². The molecular weight excluding hydrogens is 539 g/mol. The van der Waals surface area contributed by atoms with Gasteiger partial charge < -0.3 is 15.5 Å². The maximum atomic E-state index is 13.8. The van der Waals surface area contributed by atoms with E-state index >= 15 is 0 Å². The molecule has 5 rings (SSSR count). The minimum absolute atomic E-state index is 0.0783. The van der Waals surface area contributed by atoms with E-state index in [0.29, 0.717) is 28.2 Å². The topological polar surface area (TPSA) is 104 Å². The number of nitrogens with zero attached hydrogens (tertiary/aromatic N) is 3. The van der Waals surface area contributed by atoms with Crippen molar-refractivity contribution in [3.63, 3.8) is 0 Å². The van der Waals surface area contributed by atoms with Gasteiger partial charge >= 0.3 is 6.18 Å². The normalized spacial score (nSPS) is 17.6. The van der Waals surface area contributed by atoms with Crippen LogP contribution in [0.2, 0.25) is 5.02 Å². The summed E-state index contributed by atoms with van der Waals surface area (Å²) in [7, 11) is -1.86. The molecular formula is C22H19ClF3N5O3S2. The molecule has 0 atom stereocenters. The van der Waals surface area contributed by atoms with Crippen LogP contribution in [0.1, 0.15) is 26.4 Å². The number of alkyl halides is 3. The van der Waals surface area contributed by atoms with E-state index in [1.165, 1.54) is 0 Å². The third-order valence-corrected chi connectivity index (χ3v) is 9.28. The van der Waals surface area contributed by atoms with Crippen molar-refractivity contribution in [1.82, 2.24) is 20.2 Å². The van der Waals surface area contributed by atoms with Gasteiger partial charge in [0.05, 0.1) is 31.9 Å². The molecule has 2 aromatic heterocycles. The number of carbonyl (C=O) groups excluding carboxylic acids is 1. The molecule has 36 heavy (non-hydrogen) atoms. The van der Waals surface area contributed by atoms with Crippen molar-refractivity contribution in [3.8, 4) is 10.6 Å². The van der Waals surface area contributed by atoms with Crippen LogP contribution < -0.4 is 10.6 Å². The Labute approximate surface area is 213 Å². The van der Waals surface area contributed by atoms with Crippen molar-refractivity contribution in [2.75, 3.05) is 31.2 Å². The molecule has 1 aromatic carbocycles. The molecule has 1 amide bonds. The summed E-state index contributed by atoms with van der Waals surface area (Å²) in [6, 6.07) is 4.71. The number of likely N-dealkylation sites (N-methyl/N-ethyl adjacent to an activating group) is 1. The highest BCUT2D eigenvalue weighted by molar-refractivity contribution is 7.91. The monoisotopic (exact) mass is 557 g/mol. The number of aromatic nitrogens is 2. The predicted octanol–water partition coefficient (Wildman–Crippen LogP) is 4.13. The minimum Gasteiger partial charge on any atom is -0.350 e. The molecule has 0 radical (unpaired) electrons.